The molecule has 3 aromatic rings. The standard InChI is InChI=1S/C20H23N5S.HI/c1-21-20(25-12-10-24(11-13-25)18-8-4-14-26-18)23-15-17-6-2-5-16-7-3-9-22-19(16)17;/h2-9,14H,10-13,15H2,1H3,(H,21,23);1H. The number of anilines is 1. The molecule has 2 aromatic heterocycles. The Morgan fingerprint density at radius 1 is 1.11 bits per heavy atom. The number of hydrogen-bond donors (Lipinski definition) is 1. The maximum absolute atomic E-state index is 4.54. The van der Waals surface area contributed by atoms with Crippen LogP contribution in [-0.2, 0) is 6.54 Å². The normalized spacial score (nSPS) is 14.9. The fourth-order valence-corrected chi connectivity index (χ4v) is 4.19. The van der Waals surface area contributed by atoms with E-state index in [2.05, 4.69) is 66.9 Å². The molecule has 1 aromatic carbocycles. The molecular weight excluding hydrogens is 469 g/mol. The Balaban J connectivity index is 0.00000210. The van der Waals surface area contributed by atoms with Crippen molar-refractivity contribution in [1.29, 1.82) is 0 Å². The van der Waals surface area contributed by atoms with Gasteiger partial charge >= 0.3 is 0 Å². The number of thiophene rings is 1. The van der Waals surface area contributed by atoms with Gasteiger partial charge < -0.3 is 15.1 Å². The van der Waals surface area contributed by atoms with E-state index in [9.17, 15) is 0 Å². The predicted molar refractivity (Wildman–Crippen MR) is 125 cm³/mol. The second-order valence-corrected chi connectivity index (χ2v) is 7.24. The summed E-state index contributed by atoms with van der Waals surface area (Å²) in [6, 6.07) is 14.7. The molecule has 7 heteroatoms. The summed E-state index contributed by atoms with van der Waals surface area (Å²) in [7, 11) is 1.86. The number of hydrogen-bond acceptors (Lipinski definition) is 4. The van der Waals surface area contributed by atoms with Gasteiger partial charge in [0.25, 0.3) is 0 Å². The zero-order chi connectivity index (χ0) is 17.8. The van der Waals surface area contributed by atoms with Gasteiger partial charge in [0.1, 0.15) is 0 Å². The maximum Gasteiger partial charge on any atom is 0.194 e. The SMILES string of the molecule is CN=C(NCc1cccc2cccnc12)N1CCN(c2cccs2)CC1.I. The van der Waals surface area contributed by atoms with Crippen molar-refractivity contribution in [3.05, 3.63) is 59.6 Å². The Hall–Kier alpha value is -1.87. The van der Waals surface area contributed by atoms with Gasteiger partial charge in [-0.05, 0) is 29.1 Å². The van der Waals surface area contributed by atoms with Crippen molar-refractivity contribution in [2.45, 2.75) is 6.54 Å². The van der Waals surface area contributed by atoms with E-state index in [-0.39, 0.29) is 24.0 Å². The molecular formula is C20H24IN5S. The lowest BCUT2D eigenvalue weighted by atomic mass is 10.1. The number of nitrogens with one attached hydrogen (secondary N) is 1. The maximum atomic E-state index is 4.54. The number of aliphatic imine (C=N–C) groups is 1. The summed E-state index contributed by atoms with van der Waals surface area (Å²) in [5.74, 6) is 0.962. The van der Waals surface area contributed by atoms with Gasteiger partial charge in [-0.2, -0.15) is 0 Å². The first-order valence-electron chi connectivity index (χ1n) is 8.92. The molecule has 1 aliphatic rings. The third kappa shape index (κ3) is 4.52. The van der Waals surface area contributed by atoms with Gasteiger partial charge in [-0.15, -0.1) is 35.3 Å². The summed E-state index contributed by atoms with van der Waals surface area (Å²) in [4.78, 5) is 13.8. The highest BCUT2D eigenvalue weighted by atomic mass is 127. The van der Waals surface area contributed by atoms with Crippen LogP contribution in [0.2, 0.25) is 0 Å². The fraction of sp³-hybridized carbons (Fsp3) is 0.300. The van der Waals surface area contributed by atoms with Crippen molar-refractivity contribution in [3.8, 4) is 0 Å². The van der Waals surface area contributed by atoms with Crippen molar-refractivity contribution in [2.75, 3.05) is 38.1 Å². The minimum Gasteiger partial charge on any atom is -0.360 e. The highest BCUT2D eigenvalue weighted by Crippen LogP contribution is 2.22. The molecule has 1 N–H and O–H groups in total. The summed E-state index contributed by atoms with van der Waals surface area (Å²) >= 11 is 1.81. The predicted octanol–water partition coefficient (Wildman–Crippen LogP) is 3.81. The topological polar surface area (TPSA) is 43.8 Å². The molecule has 5 nitrogen and oxygen atoms in total. The van der Waals surface area contributed by atoms with Crippen LogP contribution in [0.25, 0.3) is 10.9 Å². The first kappa shape index (κ1) is 19.9. The van der Waals surface area contributed by atoms with E-state index < -0.39 is 0 Å². The number of halogens is 1. The van der Waals surface area contributed by atoms with E-state index in [1.165, 1.54) is 16.0 Å². The Morgan fingerprint density at radius 3 is 2.67 bits per heavy atom. The molecule has 1 saturated heterocycles. The van der Waals surface area contributed by atoms with Crippen LogP contribution in [-0.4, -0.2) is 49.1 Å². The van der Waals surface area contributed by atoms with Crippen molar-refractivity contribution < 1.29 is 0 Å². The number of benzene rings is 1. The van der Waals surface area contributed by atoms with E-state index in [0.717, 1.165) is 44.2 Å². The Bertz CT molecular complexity index is 883. The molecule has 0 saturated carbocycles. The molecule has 0 atom stereocenters. The van der Waals surface area contributed by atoms with Crippen LogP contribution in [0.15, 0.2) is 59.0 Å². The van der Waals surface area contributed by atoms with Crippen LogP contribution >= 0.6 is 35.3 Å². The van der Waals surface area contributed by atoms with E-state index in [4.69, 9.17) is 0 Å². The lowest BCUT2D eigenvalue weighted by Gasteiger charge is -2.37. The zero-order valence-electron chi connectivity index (χ0n) is 15.3. The van der Waals surface area contributed by atoms with Crippen LogP contribution in [0.1, 0.15) is 5.56 Å². The van der Waals surface area contributed by atoms with Crippen LogP contribution in [0.4, 0.5) is 5.00 Å². The average molecular weight is 493 g/mol. The summed E-state index contributed by atoms with van der Waals surface area (Å²) in [6.07, 6.45) is 1.85. The van der Waals surface area contributed by atoms with Gasteiger partial charge in [-0.25, -0.2) is 0 Å². The van der Waals surface area contributed by atoms with Gasteiger partial charge in [-0.3, -0.25) is 9.98 Å². The number of aromatic nitrogens is 1. The number of fused-ring (bicyclic) bond motifs is 1. The third-order valence-electron chi connectivity index (χ3n) is 4.76. The van der Waals surface area contributed by atoms with E-state index >= 15 is 0 Å². The van der Waals surface area contributed by atoms with Crippen molar-refractivity contribution >= 4 is 57.2 Å². The molecule has 1 fully saturated rings. The molecule has 0 unspecified atom stereocenters. The molecule has 1 aliphatic heterocycles. The molecule has 27 heavy (non-hydrogen) atoms. The third-order valence-corrected chi connectivity index (χ3v) is 5.69. The number of para-hydroxylation sites is 1. The van der Waals surface area contributed by atoms with Gasteiger partial charge in [0.05, 0.1) is 10.5 Å². The summed E-state index contributed by atoms with van der Waals surface area (Å²) in [6.45, 7) is 4.73. The number of nitrogens with zero attached hydrogens (tertiary/aromatic N) is 4. The van der Waals surface area contributed by atoms with E-state index in [0.29, 0.717) is 0 Å². The number of piperazine rings is 1. The lowest BCUT2D eigenvalue weighted by molar-refractivity contribution is 0.373. The van der Waals surface area contributed by atoms with E-state index in [1.807, 2.05) is 30.6 Å². The largest absolute Gasteiger partial charge is 0.360 e. The van der Waals surface area contributed by atoms with E-state index in [1.54, 1.807) is 0 Å². The van der Waals surface area contributed by atoms with Crippen molar-refractivity contribution in [2.24, 2.45) is 4.99 Å². The Kier molecular flexibility index (Phi) is 6.89. The molecule has 142 valence electrons. The minimum absolute atomic E-state index is 0. The second-order valence-electron chi connectivity index (χ2n) is 6.32. The lowest BCUT2D eigenvalue weighted by Crippen LogP contribution is -2.52. The first-order chi connectivity index (χ1) is 12.8. The molecule has 0 amide bonds. The molecule has 0 bridgehead atoms. The fourth-order valence-electron chi connectivity index (χ4n) is 3.41. The molecule has 0 aliphatic carbocycles. The Labute approximate surface area is 181 Å². The second kappa shape index (κ2) is 9.36. The number of guanidine groups is 1. The minimum atomic E-state index is 0. The van der Waals surface area contributed by atoms with Crippen LogP contribution < -0.4 is 10.2 Å². The van der Waals surface area contributed by atoms with Gasteiger partial charge in [0.2, 0.25) is 0 Å². The summed E-state index contributed by atoms with van der Waals surface area (Å²) < 4.78 is 0. The first-order valence-corrected chi connectivity index (χ1v) is 9.80. The van der Waals surface area contributed by atoms with Gasteiger partial charge in [-0.1, -0.05) is 24.3 Å². The number of pyridine rings is 1. The highest BCUT2D eigenvalue weighted by Gasteiger charge is 2.20. The van der Waals surface area contributed by atoms with Gasteiger partial charge in [0.15, 0.2) is 5.96 Å². The van der Waals surface area contributed by atoms with Crippen LogP contribution in [0.5, 0.6) is 0 Å². The van der Waals surface area contributed by atoms with Gasteiger partial charge in [0, 0.05) is 51.4 Å². The van der Waals surface area contributed by atoms with Crippen LogP contribution in [0.3, 0.4) is 0 Å². The number of rotatable bonds is 3. The molecule has 4 rings (SSSR count). The monoisotopic (exact) mass is 493 g/mol. The molecule has 3 heterocycles. The smallest absolute Gasteiger partial charge is 0.194 e. The average Bonchev–Trinajstić information content (AvgIpc) is 3.24. The quantitative estimate of drug-likeness (QED) is 0.343. The highest BCUT2D eigenvalue weighted by molar-refractivity contribution is 14.0. The molecule has 0 spiro atoms. The summed E-state index contributed by atoms with van der Waals surface area (Å²) in [5.41, 5.74) is 2.25. The Morgan fingerprint density at radius 2 is 1.93 bits per heavy atom. The zero-order valence-corrected chi connectivity index (χ0v) is 18.5. The van der Waals surface area contributed by atoms with Crippen molar-refractivity contribution in [3.63, 3.8) is 0 Å². The van der Waals surface area contributed by atoms with Crippen LogP contribution in [0, 0.1) is 0 Å². The molecule has 0 radical (unpaired) electrons. The van der Waals surface area contributed by atoms with Crippen molar-refractivity contribution in [1.82, 2.24) is 15.2 Å². The summed E-state index contributed by atoms with van der Waals surface area (Å²) in [5, 5.41) is 8.18.